The van der Waals surface area contributed by atoms with Gasteiger partial charge in [0.25, 0.3) is 17.1 Å². The van der Waals surface area contributed by atoms with Gasteiger partial charge in [-0.2, -0.15) is 0 Å². The van der Waals surface area contributed by atoms with Gasteiger partial charge in [0.2, 0.25) is 0 Å². The molecule has 0 N–H and O–H groups in total. The first-order valence-electron chi connectivity index (χ1n) is 42.6. The van der Waals surface area contributed by atoms with Crippen molar-refractivity contribution in [3.05, 3.63) is 398 Å². The van der Waals surface area contributed by atoms with E-state index >= 15 is 0 Å². The number of hydrogen-bond donors (Lipinski definition) is 0. The quantitative estimate of drug-likeness (QED) is 0.0297. The van der Waals surface area contributed by atoms with Crippen LogP contribution < -0.4 is 24.2 Å². The lowest BCUT2D eigenvalue weighted by Gasteiger charge is -2.38. The van der Waals surface area contributed by atoms with Gasteiger partial charge >= 0.3 is 0 Å². The lowest BCUT2D eigenvalue weighted by atomic mass is 9.71. The van der Waals surface area contributed by atoms with Crippen LogP contribution in [-0.4, -0.2) is 111 Å². The minimum absolute atomic E-state index is 0.0800. The van der Waals surface area contributed by atoms with E-state index in [-0.39, 0.29) is 83.6 Å². The molecule has 0 amide bonds. The Morgan fingerprint density at radius 1 is 0.496 bits per heavy atom. The summed E-state index contributed by atoms with van der Waals surface area (Å²) in [5.41, 5.74) is 18.3. The Hall–Kier alpha value is -14.1. The Morgan fingerprint density at radius 2 is 1.03 bits per heavy atom. The first-order chi connectivity index (χ1) is 61.5. The van der Waals surface area contributed by atoms with Crippen LogP contribution in [0.4, 0.5) is 34.1 Å². The molecule has 3 heterocycles. The molecule has 129 heavy (non-hydrogen) atoms. The molecule has 0 bridgehead atoms. The minimum Gasteiger partial charge on any atom is -0.497 e. The average molecular weight is 1760 g/mol. The maximum Gasteiger partial charge on any atom is 0.293 e. The van der Waals surface area contributed by atoms with Gasteiger partial charge in [-0.15, -0.1) is 0 Å². The third kappa shape index (κ3) is 28.2. The molecular formula is C107H116N6O15S. The van der Waals surface area contributed by atoms with Crippen molar-refractivity contribution in [1.29, 1.82) is 0 Å². The van der Waals surface area contributed by atoms with Crippen LogP contribution in [-0.2, 0) is 34.3 Å². The van der Waals surface area contributed by atoms with Crippen LogP contribution in [0.2, 0.25) is 0 Å². The third-order valence-corrected chi connectivity index (χ3v) is 22.9. The second kappa shape index (κ2) is 49.7. The van der Waals surface area contributed by atoms with Gasteiger partial charge in [0, 0.05) is 151 Å². The molecule has 2 atom stereocenters. The molecule has 2 unspecified atom stereocenters. The number of likely N-dealkylation sites (N-methyl/N-ethyl adjacent to an activating group) is 2. The molecule has 12 aromatic carbocycles. The number of aryl methyl sites for hydroxylation is 3. The highest BCUT2D eigenvalue weighted by atomic mass is 32.2. The molecule has 0 aromatic heterocycles. The van der Waals surface area contributed by atoms with Gasteiger partial charge in [0.1, 0.15) is 22.9 Å². The molecule has 0 fully saturated rings. The molecule has 670 valence electrons. The van der Waals surface area contributed by atoms with Crippen LogP contribution in [0.5, 0.6) is 11.5 Å². The normalized spacial score (nSPS) is 12.6. The fourth-order valence-corrected chi connectivity index (χ4v) is 16.2. The van der Waals surface area contributed by atoms with Gasteiger partial charge in [-0.1, -0.05) is 270 Å². The molecule has 3 aliphatic heterocycles. The van der Waals surface area contributed by atoms with Crippen molar-refractivity contribution in [2.45, 2.75) is 136 Å². The number of nitro benzene ring substituents is 3. The highest BCUT2D eigenvalue weighted by Gasteiger charge is 2.39. The number of nitro groups is 3. The number of carbonyl (C=O) groups is 7. The Labute approximate surface area is 762 Å². The molecule has 0 saturated carbocycles. The van der Waals surface area contributed by atoms with Crippen molar-refractivity contribution in [1.82, 2.24) is 0 Å². The number of methoxy groups -OCH3 is 2. The molecule has 0 spiro atoms. The zero-order valence-electron chi connectivity index (χ0n) is 76.9. The topological polar surface area (TPSA) is 277 Å². The number of anilines is 3. The lowest BCUT2D eigenvalue weighted by Crippen LogP contribution is -2.29. The van der Waals surface area contributed by atoms with E-state index in [2.05, 4.69) is 93.6 Å². The van der Waals surface area contributed by atoms with Crippen molar-refractivity contribution >= 4 is 86.4 Å². The number of nitrogens with zero attached hydrogens (tertiary/aromatic N) is 6. The summed E-state index contributed by atoms with van der Waals surface area (Å²) in [5.74, 6) is 1.89. The molecule has 15 rings (SSSR count). The van der Waals surface area contributed by atoms with E-state index in [9.17, 15) is 63.9 Å². The van der Waals surface area contributed by atoms with Crippen molar-refractivity contribution in [3.63, 3.8) is 0 Å². The Morgan fingerprint density at radius 3 is 1.57 bits per heavy atom. The van der Waals surface area contributed by atoms with Crippen LogP contribution in [0, 0.1) is 57.0 Å². The van der Waals surface area contributed by atoms with Gasteiger partial charge in [-0.25, -0.2) is 0 Å². The van der Waals surface area contributed by atoms with Crippen LogP contribution >= 0.6 is 11.8 Å². The molecule has 0 saturated heterocycles. The largest absolute Gasteiger partial charge is 0.497 e. The number of Topliss-reactive ketones (excluding diaryl/α,β-unsaturated/α-hetero) is 6. The fourth-order valence-electron chi connectivity index (χ4n) is 14.9. The summed E-state index contributed by atoms with van der Waals surface area (Å²) in [6.45, 7) is 24.1. The van der Waals surface area contributed by atoms with Gasteiger partial charge in [0.15, 0.2) is 40.5 Å². The van der Waals surface area contributed by atoms with Crippen molar-refractivity contribution < 1.29 is 57.8 Å². The lowest BCUT2D eigenvalue weighted by molar-refractivity contribution is -0.384. The molecular weight excluding hydrogens is 1640 g/mol. The van der Waals surface area contributed by atoms with Crippen molar-refractivity contribution in [3.8, 4) is 11.5 Å². The van der Waals surface area contributed by atoms with E-state index in [4.69, 9.17) is 9.47 Å². The van der Waals surface area contributed by atoms with Gasteiger partial charge in [-0.3, -0.25) is 63.9 Å². The summed E-state index contributed by atoms with van der Waals surface area (Å²) in [6.07, 6.45) is 3.61. The molecule has 21 nitrogen and oxygen atoms in total. The SMILES string of the molecule is CC(=O)c1ccccc1C(=O)c1ccccc1.CC(=O)c1ccccc1CC(C)C.CC(C(=O)c1ccccc1)c1ccccc1.CCC(=O)C(C)=O.CCC(=O)c1cc(C)ccc1C.CN1CCc2cccc([N+](=O)[O-])c21.COc1ccc([N+](=O)[O-])c2c1CCN2C.COc1ccc2c(c1)Sc1ccccc1C2(C)c1ccccc1.Cc1cc([N+](=O)[O-])ccc1N(C)C. The first kappa shape index (κ1) is 102. The van der Waals surface area contributed by atoms with E-state index in [0.29, 0.717) is 41.1 Å². The maximum absolute atomic E-state index is 12.2. The highest BCUT2D eigenvalue weighted by molar-refractivity contribution is 7.99. The second-order valence-electron chi connectivity index (χ2n) is 31.7. The van der Waals surface area contributed by atoms with E-state index in [1.54, 1.807) is 94.8 Å². The molecule has 0 radical (unpaired) electrons. The van der Waals surface area contributed by atoms with Gasteiger partial charge in [0.05, 0.1) is 29.0 Å². The molecule has 3 aliphatic rings. The standard InChI is InChI=1S/C21H18OS.C15H12O2.C15H14O.C12H16O.C11H14O.C10H12N2O3.C9H10N2O2.C9H12N2O2.C5H8O2/c1-21(15-8-4-3-5-9-15)17-10-6-7-11-19(17)23-20-14-16(22-2)12-13-18(20)21;1-11(16)13-9-5-6-10-14(13)15(17)12-7-3-2-4-8-12;1-12(13-8-4-2-5-9-13)15(16)14-10-6-3-7-11-14;1-9(2)8-11-6-4-5-7-12(11)10(3)13;1-4-11(12)10-7-8(2)5-6-9(10)3;1-11-6-5-7-9(15-2)4-3-8(10(7)11)12(13)14;1-10-6-5-7-3-2-4-8(9(7)10)11(12)13;1-7-6-8(11(12)13)4-5-9(7)10(2)3;1-3-5(7)4(2)6/h3-14H,1-2H3;2-10H,1H3;2-12H,1H3;4-7,9H,8H2,1-3H3;5-7H,4H2,1-3H3;3-4H,5-6H2,1-2H3;2-4H,5-6H2,1H3;4-6H,1-3H3;3H2,1-2H3. The minimum atomic E-state index is -0.382. The fraction of sp³-hybridized carbons (Fsp3) is 0.262. The Balaban J connectivity index is 0.000000201. The number of fused-ring (bicyclic) bond motifs is 4. The zero-order chi connectivity index (χ0) is 94.8. The smallest absolute Gasteiger partial charge is 0.293 e. The summed E-state index contributed by atoms with van der Waals surface area (Å²) >= 11 is 1.83. The number of non-ortho nitro benzene ring substituents is 1. The number of para-hydroxylation sites is 1. The number of rotatable bonds is 20. The van der Waals surface area contributed by atoms with E-state index in [1.807, 2.05) is 217 Å². The number of hydrogen-bond acceptors (Lipinski definition) is 19. The predicted molar refractivity (Wildman–Crippen MR) is 518 cm³/mol. The van der Waals surface area contributed by atoms with E-state index in [0.717, 1.165) is 105 Å². The summed E-state index contributed by atoms with van der Waals surface area (Å²) < 4.78 is 10.6. The number of ether oxygens (including phenoxy) is 2. The number of benzene rings is 12. The number of ketones is 7. The number of carbonyl (C=O) groups excluding carboxylic acids is 7. The molecule has 12 aromatic rings. The summed E-state index contributed by atoms with van der Waals surface area (Å²) in [4.78, 5) is 118. The van der Waals surface area contributed by atoms with Gasteiger partial charge in [-0.05, 0) is 148 Å². The van der Waals surface area contributed by atoms with Crippen LogP contribution in [0.3, 0.4) is 0 Å². The van der Waals surface area contributed by atoms with E-state index < -0.39 is 0 Å². The molecule has 22 heteroatoms. The van der Waals surface area contributed by atoms with Gasteiger partial charge < -0.3 is 24.2 Å². The first-order valence-corrected chi connectivity index (χ1v) is 43.4. The zero-order valence-corrected chi connectivity index (χ0v) is 77.7. The Bertz CT molecular complexity index is 5890. The highest BCUT2D eigenvalue weighted by Crippen LogP contribution is 2.53. The van der Waals surface area contributed by atoms with E-state index in [1.165, 1.54) is 58.0 Å². The van der Waals surface area contributed by atoms with Crippen molar-refractivity contribution in [2.75, 3.05) is 70.2 Å². The summed E-state index contributed by atoms with van der Waals surface area (Å²) in [7, 11) is 10.9. The average Bonchev–Trinajstić information content (AvgIpc) is 1.07. The predicted octanol–water partition coefficient (Wildman–Crippen LogP) is 24.0. The van der Waals surface area contributed by atoms with Crippen LogP contribution in [0.15, 0.2) is 289 Å². The van der Waals surface area contributed by atoms with Crippen LogP contribution in [0.25, 0.3) is 0 Å². The summed E-state index contributed by atoms with van der Waals surface area (Å²) in [6, 6.07) is 88.2. The maximum atomic E-state index is 12.2. The monoisotopic (exact) mass is 1760 g/mol. The van der Waals surface area contributed by atoms with Crippen molar-refractivity contribution in [2.24, 2.45) is 5.92 Å². The second-order valence-corrected chi connectivity index (χ2v) is 32.8. The Kier molecular flexibility index (Phi) is 39.3. The third-order valence-electron chi connectivity index (χ3n) is 21.8. The summed E-state index contributed by atoms with van der Waals surface area (Å²) in [5, 5.41) is 32.0. The molecule has 0 aliphatic carbocycles. The van der Waals surface area contributed by atoms with Crippen LogP contribution in [0.1, 0.15) is 194 Å².